The normalized spacial score (nSPS) is 11.1. The zero-order chi connectivity index (χ0) is 14.2. The highest BCUT2D eigenvalue weighted by Gasteiger charge is 2.16. The van der Waals surface area contributed by atoms with E-state index in [-0.39, 0.29) is 0 Å². The van der Waals surface area contributed by atoms with Crippen LogP contribution in [0.15, 0.2) is 6.07 Å². The average Bonchev–Trinajstić information content (AvgIpc) is 2.70. The van der Waals surface area contributed by atoms with Gasteiger partial charge in [0.05, 0.1) is 16.4 Å². The Morgan fingerprint density at radius 3 is 2.42 bits per heavy atom. The Morgan fingerprint density at radius 1 is 1.16 bits per heavy atom. The van der Waals surface area contributed by atoms with Crippen LogP contribution in [0.5, 0.6) is 0 Å². The molecule has 0 radical (unpaired) electrons. The Kier molecular flexibility index (Phi) is 3.95. The molecule has 19 heavy (non-hydrogen) atoms. The highest BCUT2D eigenvalue weighted by Crippen LogP contribution is 2.23. The third kappa shape index (κ3) is 2.39. The predicted molar refractivity (Wildman–Crippen MR) is 79.3 cm³/mol. The van der Waals surface area contributed by atoms with E-state index >= 15 is 0 Å². The molecule has 0 amide bonds. The molecule has 0 N–H and O–H groups in total. The van der Waals surface area contributed by atoms with Crippen LogP contribution in [0.4, 0.5) is 0 Å². The molecule has 2 aromatic heterocycles. The molecule has 0 aliphatic carbocycles. The fourth-order valence-electron chi connectivity index (χ4n) is 2.38. The second kappa shape index (κ2) is 5.33. The van der Waals surface area contributed by atoms with Crippen LogP contribution >= 0.6 is 11.6 Å². The first-order chi connectivity index (χ1) is 8.99. The number of aryl methyl sites for hydroxylation is 3. The first-order valence-electron chi connectivity index (χ1n) is 6.71. The SMILES string of the molecule is CCc1nn(-c2nc(C)c(Cl)cc2C)c(CC)c1C. The van der Waals surface area contributed by atoms with Crippen LogP contribution in [-0.2, 0) is 12.8 Å². The average molecular weight is 278 g/mol. The Labute approximate surface area is 119 Å². The van der Waals surface area contributed by atoms with Crippen LogP contribution in [0, 0.1) is 20.8 Å². The van der Waals surface area contributed by atoms with Crippen LogP contribution in [0.3, 0.4) is 0 Å². The molecule has 0 aliphatic rings. The van der Waals surface area contributed by atoms with Crippen molar-refractivity contribution in [2.75, 3.05) is 0 Å². The maximum absolute atomic E-state index is 6.12. The van der Waals surface area contributed by atoms with Crippen molar-refractivity contribution in [3.63, 3.8) is 0 Å². The number of pyridine rings is 1. The number of halogens is 1. The maximum atomic E-state index is 6.12. The fourth-order valence-corrected chi connectivity index (χ4v) is 2.59. The lowest BCUT2D eigenvalue weighted by Crippen LogP contribution is -2.07. The van der Waals surface area contributed by atoms with Crippen LogP contribution in [0.1, 0.15) is 42.1 Å². The molecule has 2 heterocycles. The van der Waals surface area contributed by atoms with Crippen molar-refractivity contribution >= 4 is 11.6 Å². The molecular weight excluding hydrogens is 258 g/mol. The van der Waals surface area contributed by atoms with Gasteiger partial charge in [-0.3, -0.25) is 0 Å². The third-order valence-electron chi connectivity index (χ3n) is 3.53. The van der Waals surface area contributed by atoms with Crippen molar-refractivity contribution in [2.45, 2.75) is 47.5 Å². The maximum Gasteiger partial charge on any atom is 0.156 e. The van der Waals surface area contributed by atoms with Gasteiger partial charge in [0, 0.05) is 5.69 Å². The summed E-state index contributed by atoms with van der Waals surface area (Å²) in [4.78, 5) is 4.61. The molecule has 0 unspecified atom stereocenters. The first-order valence-corrected chi connectivity index (χ1v) is 7.08. The zero-order valence-electron chi connectivity index (χ0n) is 12.2. The quantitative estimate of drug-likeness (QED) is 0.850. The van der Waals surface area contributed by atoms with E-state index in [1.807, 2.05) is 24.6 Å². The molecule has 0 saturated heterocycles. The summed E-state index contributed by atoms with van der Waals surface area (Å²) in [5.41, 5.74) is 5.55. The van der Waals surface area contributed by atoms with E-state index in [1.165, 1.54) is 11.3 Å². The Balaban J connectivity index is 2.68. The smallest absolute Gasteiger partial charge is 0.156 e. The lowest BCUT2D eigenvalue weighted by Gasteiger charge is -2.10. The van der Waals surface area contributed by atoms with Crippen molar-refractivity contribution in [3.8, 4) is 5.82 Å². The van der Waals surface area contributed by atoms with Crippen LogP contribution in [0.25, 0.3) is 5.82 Å². The van der Waals surface area contributed by atoms with Gasteiger partial charge < -0.3 is 0 Å². The highest BCUT2D eigenvalue weighted by atomic mass is 35.5. The van der Waals surface area contributed by atoms with Crippen molar-refractivity contribution in [3.05, 3.63) is 39.3 Å². The number of rotatable bonds is 3. The van der Waals surface area contributed by atoms with Gasteiger partial charge >= 0.3 is 0 Å². The second-order valence-corrected chi connectivity index (χ2v) is 5.24. The minimum Gasteiger partial charge on any atom is -0.232 e. The van der Waals surface area contributed by atoms with E-state index in [0.29, 0.717) is 5.02 Å². The summed E-state index contributed by atoms with van der Waals surface area (Å²) >= 11 is 6.12. The molecule has 0 saturated carbocycles. The minimum absolute atomic E-state index is 0.707. The molecule has 0 bridgehead atoms. The molecule has 0 aliphatic heterocycles. The molecule has 2 rings (SSSR count). The molecule has 2 aromatic rings. The highest BCUT2D eigenvalue weighted by molar-refractivity contribution is 6.31. The predicted octanol–water partition coefficient (Wildman–Crippen LogP) is 3.97. The van der Waals surface area contributed by atoms with Crippen molar-refractivity contribution in [1.82, 2.24) is 14.8 Å². The van der Waals surface area contributed by atoms with Gasteiger partial charge in [-0.05, 0) is 50.8 Å². The van der Waals surface area contributed by atoms with Gasteiger partial charge in [-0.15, -0.1) is 0 Å². The molecule has 0 aromatic carbocycles. The molecule has 3 nitrogen and oxygen atoms in total. The minimum atomic E-state index is 0.707. The van der Waals surface area contributed by atoms with Gasteiger partial charge in [-0.25, -0.2) is 9.67 Å². The van der Waals surface area contributed by atoms with Crippen LogP contribution in [-0.4, -0.2) is 14.8 Å². The Bertz CT molecular complexity index is 614. The van der Waals surface area contributed by atoms with Crippen molar-refractivity contribution < 1.29 is 0 Å². The number of hydrogen-bond donors (Lipinski definition) is 0. The monoisotopic (exact) mass is 277 g/mol. The summed E-state index contributed by atoms with van der Waals surface area (Å²) in [6.45, 7) is 10.4. The largest absolute Gasteiger partial charge is 0.232 e. The summed E-state index contributed by atoms with van der Waals surface area (Å²) in [6.07, 6.45) is 1.89. The van der Waals surface area contributed by atoms with E-state index in [9.17, 15) is 0 Å². The van der Waals surface area contributed by atoms with Crippen LogP contribution in [0.2, 0.25) is 5.02 Å². The number of aromatic nitrogens is 3. The topological polar surface area (TPSA) is 30.7 Å². The van der Waals surface area contributed by atoms with Gasteiger partial charge in [0.15, 0.2) is 5.82 Å². The summed E-state index contributed by atoms with van der Waals surface area (Å²) in [5, 5.41) is 5.42. The molecule has 102 valence electrons. The Morgan fingerprint density at radius 2 is 1.84 bits per heavy atom. The Hall–Kier alpha value is -1.35. The number of nitrogens with zero attached hydrogens (tertiary/aromatic N) is 3. The van der Waals surface area contributed by atoms with Crippen molar-refractivity contribution in [1.29, 1.82) is 0 Å². The lowest BCUT2D eigenvalue weighted by atomic mass is 10.1. The van der Waals surface area contributed by atoms with E-state index < -0.39 is 0 Å². The summed E-state index contributed by atoms with van der Waals surface area (Å²) in [6, 6.07) is 1.96. The van der Waals surface area contributed by atoms with Crippen LogP contribution < -0.4 is 0 Å². The first kappa shape index (κ1) is 14.1. The lowest BCUT2D eigenvalue weighted by molar-refractivity contribution is 0.763. The standard InChI is InChI=1S/C15H20ClN3/c1-6-13-10(4)14(7-2)19(18-13)15-9(3)8-12(16)11(5)17-15/h8H,6-7H2,1-5H3. The summed E-state index contributed by atoms with van der Waals surface area (Å²) in [7, 11) is 0. The van der Waals surface area contributed by atoms with E-state index in [1.54, 1.807) is 0 Å². The summed E-state index contributed by atoms with van der Waals surface area (Å²) < 4.78 is 1.98. The molecule has 0 atom stereocenters. The summed E-state index contributed by atoms with van der Waals surface area (Å²) in [5.74, 6) is 0.890. The zero-order valence-corrected chi connectivity index (χ0v) is 13.0. The molecule has 4 heteroatoms. The molecule has 0 fully saturated rings. The van der Waals surface area contributed by atoms with E-state index in [4.69, 9.17) is 16.7 Å². The second-order valence-electron chi connectivity index (χ2n) is 4.83. The molecular formula is C15H20ClN3. The van der Waals surface area contributed by atoms with Gasteiger partial charge in [0.1, 0.15) is 0 Å². The molecule has 0 spiro atoms. The van der Waals surface area contributed by atoms with Gasteiger partial charge in [0.25, 0.3) is 0 Å². The fraction of sp³-hybridized carbons (Fsp3) is 0.467. The van der Waals surface area contributed by atoms with Gasteiger partial charge in [-0.1, -0.05) is 25.4 Å². The number of hydrogen-bond acceptors (Lipinski definition) is 2. The third-order valence-corrected chi connectivity index (χ3v) is 3.91. The van der Waals surface area contributed by atoms with Gasteiger partial charge in [0.2, 0.25) is 0 Å². The van der Waals surface area contributed by atoms with Crippen molar-refractivity contribution in [2.24, 2.45) is 0 Å². The van der Waals surface area contributed by atoms with Gasteiger partial charge in [-0.2, -0.15) is 5.10 Å². The van der Waals surface area contributed by atoms with E-state index in [2.05, 4.69) is 25.8 Å². The van der Waals surface area contributed by atoms with E-state index in [0.717, 1.165) is 35.6 Å².